The highest BCUT2D eigenvalue weighted by atomic mass is 19.1. The van der Waals surface area contributed by atoms with Crippen LogP contribution >= 0.6 is 0 Å². The fraction of sp³-hybridized carbons (Fsp3) is 0.0909. The predicted molar refractivity (Wildman–Crippen MR) is 106 cm³/mol. The maximum Gasteiger partial charge on any atom is 0.229 e. The fourth-order valence-corrected chi connectivity index (χ4v) is 3.18. The van der Waals surface area contributed by atoms with Crippen molar-refractivity contribution in [2.24, 2.45) is 0 Å². The normalized spacial score (nSPS) is 10.8. The SMILES string of the molecule is COc1ccc(N(C(C)=O)c2c(-c3ccc(F)cc3)nc3ccccn23)cc1. The van der Waals surface area contributed by atoms with Crippen LogP contribution in [0.15, 0.2) is 72.9 Å². The Kier molecular flexibility index (Phi) is 4.53. The Morgan fingerprint density at radius 2 is 1.75 bits per heavy atom. The van der Waals surface area contributed by atoms with Crippen LogP contribution in [0.1, 0.15) is 6.92 Å². The lowest BCUT2D eigenvalue weighted by Gasteiger charge is -2.22. The molecule has 5 nitrogen and oxygen atoms in total. The largest absolute Gasteiger partial charge is 0.497 e. The minimum Gasteiger partial charge on any atom is -0.497 e. The predicted octanol–water partition coefficient (Wildman–Crippen LogP) is 4.83. The number of benzene rings is 2. The van der Waals surface area contributed by atoms with Gasteiger partial charge in [0.25, 0.3) is 0 Å². The number of anilines is 2. The average molecular weight is 375 g/mol. The Morgan fingerprint density at radius 1 is 1.04 bits per heavy atom. The van der Waals surface area contributed by atoms with Gasteiger partial charge in [-0.2, -0.15) is 0 Å². The number of carbonyl (C=O) groups is 1. The van der Waals surface area contributed by atoms with Crippen molar-refractivity contribution < 1.29 is 13.9 Å². The zero-order chi connectivity index (χ0) is 19.7. The van der Waals surface area contributed by atoms with E-state index in [1.54, 1.807) is 36.3 Å². The summed E-state index contributed by atoms with van der Waals surface area (Å²) in [5, 5.41) is 0. The highest BCUT2D eigenvalue weighted by molar-refractivity contribution is 6.02. The van der Waals surface area contributed by atoms with Crippen molar-refractivity contribution in [2.75, 3.05) is 12.0 Å². The molecule has 0 unspecified atom stereocenters. The molecule has 0 radical (unpaired) electrons. The second-order valence-electron chi connectivity index (χ2n) is 6.27. The van der Waals surface area contributed by atoms with E-state index in [1.165, 1.54) is 19.1 Å². The highest BCUT2D eigenvalue weighted by Crippen LogP contribution is 2.36. The first-order valence-corrected chi connectivity index (χ1v) is 8.76. The van der Waals surface area contributed by atoms with Crippen LogP contribution in [0.25, 0.3) is 16.9 Å². The Bertz CT molecular complexity index is 1130. The van der Waals surface area contributed by atoms with Crippen molar-refractivity contribution in [1.82, 2.24) is 9.38 Å². The number of nitrogens with zero attached hydrogens (tertiary/aromatic N) is 3. The Balaban J connectivity index is 1.97. The van der Waals surface area contributed by atoms with Crippen LogP contribution in [-0.2, 0) is 4.79 Å². The maximum absolute atomic E-state index is 13.4. The van der Waals surface area contributed by atoms with Gasteiger partial charge in [0, 0.05) is 18.7 Å². The molecule has 2 heterocycles. The summed E-state index contributed by atoms with van der Waals surface area (Å²) in [5.41, 5.74) is 2.69. The van der Waals surface area contributed by atoms with Crippen LogP contribution in [-0.4, -0.2) is 22.4 Å². The van der Waals surface area contributed by atoms with E-state index in [4.69, 9.17) is 9.72 Å². The molecule has 0 aliphatic rings. The van der Waals surface area contributed by atoms with Gasteiger partial charge in [0.05, 0.1) is 12.8 Å². The number of carbonyl (C=O) groups excluding carboxylic acids is 1. The second-order valence-corrected chi connectivity index (χ2v) is 6.27. The van der Waals surface area contributed by atoms with Gasteiger partial charge in [0.2, 0.25) is 5.91 Å². The van der Waals surface area contributed by atoms with Crippen LogP contribution < -0.4 is 9.64 Å². The first-order valence-electron chi connectivity index (χ1n) is 8.76. The molecule has 0 spiro atoms. The van der Waals surface area contributed by atoms with Crippen molar-refractivity contribution in [3.8, 4) is 17.0 Å². The van der Waals surface area contributed by atoms with Gasteiger partial charge in [-0.25, -0.2) is 9.37 Å². The van der Waals surface area contributed by atoms with Crippen molar-refractivity contribution in [3.63, 3.8) is 0 Å². The van der Waals surface area contributed by atoms with Crippen LogP contribution in [0.4, 0.5) is 15.9 Å². The van der Waals surface area contributed by atoms with E-state index in [2.05, 4.69) is 0 Å². The topological polar surface area (TPSA) is 46.8 Å². The smallest absolute Gasteiger partial charge is 0.229 e. The Hall–Kier alpha value is -3.67. The number of fused-ring (bicyclic) bond motifs is 1. The minimum absolute atomic E-state index is 0.167. The second kappa shape index (κ2) is 7.15. The molecule has 0 N–H and O–H groups in total. The van der Waals surface area contributed by atoms with Gasteiger partial charge >= 0.3 is 0 Å². The van der Waals surface area contributed by atoms with Crippen LogP contribution in [0, 0.1) is 5.82 Å². The monoisotopic (exact) mass is 375 g/mol. The summed E-state index contributed by atoms with van der Waals surface area (Å²) < 4.78 is 20.5. The molecule has 2 aromatic heterocycles. The quantitative estimate of drug-likeness (QED) is 0.513. The van der Waals surface area contributed by atoms with Crippen molar-refractivity contribution >= 4 is 23.1 Å². The number of aromatic nitrogens is 2. The molecule has 0 saturated carbocycles. The average Bonchev–Trinajstić information content (AvgIpc) is 3.08. The fourth-order valence-electron chi connectivity index (χ4n) is 3.18. The third-order valence-electron chi connectivity index (χ3n) is 4.48. The zero-order valence-electron chi connectivity index (χ0n) is 15.5. The third-order valence-corrected chi connectivity index (χ3v) is 4.48. The van der Waals surface area contributed by atoms with Crippen molar-refractivity contribution in [3.05, 3.63) is 78.7 Å². The van der Waals surface area contributed by atoms with Gasteiger partial charge in [0.1, 0.15) is 22.9 Å². The summed E-state index contributed by atoms with van der Waals surface area (Å²) in [5.74, 6) is 0.802. The van der Waals surface area contributed by atoms with E-state index in [-0.39, 0.29) is 11.7 Å². The highest BCUT2D eigenvalue weighted by Gasteiger charge is 2.24. The minimum atomic E-state index is -0.326. The molecule has 2 aromatic carbocycles. The number of hydrogen-bond acceptors (Lipinski definition) is 3. The molecular formula is C22H18FN3O2. The molecular weight excluding hydrogens is 357 g/mol. The van der Waals surface area contributed by atoms with Gasteiger partial charge in [-0.3, -0.25) is 14.1 Å². The molecule has 4 aromatic rings. The molecule has 0 fully saturated rings. The van der Waals surface area contributed by atoms with E-state index >= 15 is 0 Å². The number of hydrogen-bond donors (Lipinski definition) is 0. The molecule has 0 aliphatic carbocycles. The molecule has 0 saturated heterocycles. The summed E-state index contributed by atoms with van der Waals surface area (Å²) in [6, 6.07) is 18.9. The zero-order valence-corrected chi connectivity index (χ0v) is 15.5. The molecule has 1 amide bonds. The van der Waals surface area contributed by atoms with Gasteiger partial charge in [0.15, 0.2) is 5.82 Å². The first-order chi connectivity index (χ1) is 13.6. The number of pyridine rings is 1. The van der Waals surface area contributed by atoms with Crippen LogP contribution in [0.5, 0.6) is 5.75 Å². The molecule has 140 valence electrons. The molecule has 0 bridgehead atoms. The number of halogens is 1. The van der Waals surface area contributed by atoms with Gasteiger partial charge in [-0.05, 0) is 60.7 Å². The van der Waals surface area contributed by atoms with Gasteiger partial charge < -0.3 is 4.74 Å². The van der Waals surface area contributed by atoms with Crippen molar-refractivity contribution in [2.45, 2.75) is 6.92 Å². The number of imidazole rings is 1. The van der Waals surface area contributed by atoms with Gasteiger partial charge in [-0.15, -0.1) is 0 Å². The van der Waals surface area contributed by atoms with E-state index in [0.29, 0.717) is 28.6 Å². The summed E-state index contributed by atoms with van der Waals surface area (Å²) in [4.78, 5) is 19.0. The van der Waals surface area contributed by atoms with E-state index in [1.807, 2.05) is 40.9 Å². The molecule has 0 atom stereocenters. The number of amides is 1. The van der Waals surface area contributed by atoms with Crippen LogP contribution in [0.3, 0.4) is 0 Å². The molecule has 6 heteroatoms. The number of ether oxygens (including phenoxy) is 1. The standard InChI is InChI=1S/C22H18FN3O2/c1-15(27)26(18-10-12-19(28-2)13-11-18)22-21(16-6-8-17(23)9-7-16)24-20-5-3-4-14-25(20)22/h3-14H,1-2H3. The lowest BCUT2D eigenvalue weighted by Crippen LogP contribution is -2.24. The summed E-state index contributed by atoms with van der Waals surface area (Å²) in [7, 11) is 1.59. The molecule has 4 rings (SSSR count). The Morgan fingerprint density at radius 3 is 2.39 bits per heavy atom. The summed E-state index contributed by atoms with van der Waals surface area (Å²) in [6.07, 6.45) is 1.85. The first kappa shape index (κ1) is 17.7. The van der Waals surface area contributed by atoms with Crippen molar-refractivity contribution in [1.29, 1.82) is 0 Å². The van der Waals surface area contributed by atoms with E-state index < -0.39 is 0 Å². The van der Waals surface area contributed by atoms with E-state index in [9.17, 15) is 9.18 Å². The Labute approximate surface area is 161 Å². The molecule has 0 aliphatic heterocycles. The maximum atomic E-state index is 13.4. The summed E-state index contributed by atoms with van der Waals surface area (Å²) in [6.45, 7) is 1.50. The number of methoxy groups -OCH3 is 1. The van der Waals surface area contributed by atoms with Gasteiger partial charge in [-0.1, -0.05) is 6.07 Å². The third kappa shape index (κ3) is 3.09. The lowest BCUT2D eigenvalue weighted by atomic mass is 10.1. The number of rotatable bonds is 4. The van der Waals surface area contributed by atoms with E-state index in [0.717, 1.165) is 5.56 Å². The summed E-state index contributed by atoms with van der Waals surface area (Å²) >= 11 is 0. The lowest BCUT2D eigenvalue weighted by molar-refractivity contribution is -0.115. The molecule has 28 heavy (non-hydrogen) atoms. The van der Waals surface area contributed by atoms with Crippen LogP contribution in [0.2, 0.25) is 0 Å².